The Bertz CT molecular complexity index is 395. The van der Waals surface area contributed by atoms with Gasteiger partial charge < -0.3 is 5.32 Å². The summed E-state index contributed by atoms with van der Waals surface area (Å²) in [5.41, 5.74) is 0.00771. The smallest absolute Gasteiger partial charge is 0.332 e. The standard InChI is InChI=1S/C9H15N3O2/c1-6-5-7(13)11-12(6)8(14)10-9(2,3)4/h5H,1-4H3,(H,10,14)(H,11,13). The van der Waals surface area contributed by atoms with Crippen LogP contribution in [0.4, 0.5) is 4.79 Å². The predicted molar refractivity (Wildman–Crippen MR) is 53.5 cm³/mol. The minimum absolute atomic E-state index is 0.272. The molecule has 0 unspecified atom stereocenters. The van der Waals surface area contributed by atoms with E-state index >= 15 is 0 Å². The molecule has 2 N–H and O–H groups in total. The lowest BCUT2D eigenvalue weighted by atomic mass is 10.1. The zero-order chi connectivity index (χ0) is 10.9. The topological polar surface area (TPSA) is 66.9 Å². The van der Waals surface area contributed by atoms with Crippen LogP contribution in [-0.4, -0.2) is 21.4 Å². The highest BCUT2D eigenvalue weighted by Crippen LogP contribution is 2.00. The van der Waals surface area contributed by atoms with Gasteiger partial charge in [0.2, 0.25) is 0 Å². The molecule has 78 valence electrons. The number of carbonyl (C=O) groups excluding carboxylic acids is 1. The van der Waals surface area contributed by atoms with Crippen LogP contribution in [0.25, 0.3) is 0 Å². The van der Waals surface area contributed by atoms with Crippen molar-refractivity contribution < 1.29 is 4.79 Å². The lowest BCUT2D eigenvalue weighted by Crippen LogP contribution is -2.43. The number of aryl methyl sites for hydroxylation is 1. The van der Waals surface area contributed by atoms with Crippen LogP contribution < -0.4 is 10.9 Å². The maximum absolute atomic E-state index is 11.6. The van der Waals surface area contributed by atoms with Crippen LogP contribution in [0.5, 0.6) is 0 Å². The zero-order valence-corrected chi connectivity index (χ0v) is 8.84. The monoisotopic (exact) mass is 197 g/mol. The third-order valence-electron chi connectivity index (χ3n) is 1.60. The summed E-state index contributed by atoms with van der Waals surface area (Å²) in [6.07, 6.45) is 0. The van der Waals surface area contributed by atoms with E-state index in [1.165, 1.54) is 10.7 Å². The Morgan fingerprint density at radius 1 is 1.50 bits per heavy atom. The highest BCUT2D eigenvalue weighted by molar-refractivity contribution is 5.77. The first kappa shape index (κ1) is 10.6. The number of rotatable bonds is 0. The van der Waals surface area contributed by atoms with E-state index < -0.39 is 0 Å². The quantitative estimate of drug-likeness (QED) is 0.647. The molecular formula is C9H15N3O2. The van der Waals surface area contributed by atoms with Crippen molar-refractivity contribution in [2.45, 2.75) is 33.2 Å². The van der Waals surface area contributed by atoms with Crippen LogP contribution in [0.2, 0.25) is 0 Å². The number of nitrogens with zero attached hydrogens (tertiary/aromatic N) is 1. The lowest BCUT2D eigenvalue weighted by molar-refractivity contribution is 0.230. The number of aromatic amines is 1. The number of hydrogen-bond acceptors (Lipinski definition) is 2. The zero-order valence-electron chi connectivity index (χ0n) is 8.84. The molecule has 1 aromatic rings. The number of amides is 1. The largest absolute Gasteiger partial charge is 0.341 e. The van der Waals surface area contributed by atoms with Gasteiger partial charge in [-0.15, -0.1) is 0 Å². The molecule has 0 saturated heterocycles. The van der Waals surface area contributed by atoms with E-state index in [-0.39, 0.29) is 17.1 Å². The summed E-state index contributed by atoms with van der Waals surface area (Å²) in [5, 5.41) is 5.16. The molecule has 0 fully saturated rings. The molecule has 0 bridgehead atoms. The minimum Gasteiger partial charge on any atom is -0.332 e. The Hall–Kier alpha value is -1.52. The number of H-pyrrole nitrogens is 1. The summed E-state index contributed by atoms with van der Waals surface area (Å²) in [5.74, 6) is 0. The van der Waals surface area contributed by atoms with Crippen LogP contribution in [-0.2, 0) is 0 Å². The van der Waals surface area contributed by atoms with Gasteiger partial charge in [0.1, 0.15) is 0 Å². The fourth-order valence-corrected chi connectivity index (χ4v) is 1.07. The van der Waals surface area contributed by atoms with Crippen molar-refractivity contribution in [2.24, 2.45) is 0 Å². The van der Waals surface area contributed by atoms with E-state index in [0.29, 0.717) is 5.69 Å². The van der Waals surface area contributed by atoms with Gasteiger partial charge in [-0.25, -0.2) is 9.48 Å². The number of nitrogens with one attached hydrogen (secondary N) is 2. The summed E-state index contributed by atoms with van der Waals surface area (Å²) < 4.78 is 1.20. The minimum atomic E-state index is -0.322. The average molecular weight is 197 g/mol. The van der Waals surface area contributed by atoms with Crippen LogP contribution in [0.15, 0.2) is 10.9 Å². The van der Waals surface area contributed by atoms with Gasteiger partial charge in [-0.05, 0) is 27.7 Å². The Morgan fingerprint density at radius 3 is 2.43 bits per heavy atom. The summed E-state index contributed by atoms with van der Waals surface area (Å²) in [4.78, 5) is 22.5. The highest BCUT2D eigenvalue weighted by Gasteiger charge is 2.16. The van der Waals surface area contributed by atoms with Gasteiger partial charge in [-0.2, -0.15) is 0 Å². The fraction of sp³-hybridized carbons (Fsp3) is 0.556. The maximum atomic E-state index is 11.6. The summed E-state index contributed by atoms with van der Waals surface area (Å²) >= 11 is 0. The van der Waals surface area contributed by atoms with Crippen molar-refractivity contribution in [2.75, 3.05) is 0 Å². The summed E-state index contributed by atoms with van der Waals surface area (Å²) in [7, 11) is 0. The van der Waals surface area contributed by atoms with E-state index in [1.807, 2.05) is 20.8 Å². The van der Waals surface area contributed by atoms with Gasteiger partial charge in [0.05, 0.1) is 0 Å². The van der Waals surface area contributed by atoms with E-state index in [4.69, 9.17) is 0 Å². The molecule has 0 atom stereocenters. The van der Waals surface area contributed by atoms with Gasteiger partial charge in [0, 0.05) is 17.3 Å². The molecule has 0 radical (unpaired) electrons. The maximum Gasteiger partial charge on any atom is 0.341 e. The third kappa shape index (κ3) is 2.48. The summed E-state index contributed by atoms with van der Waals surface area (Å²) in [6.45, 7) is 7.33. The molecule has 1 aromatic heterocycles. The van der Waals surface area contributed by atoms with E-state index in [2.05, 4.69) is 10.4 Å². The Kier molecular flexibility index (Phi) is 2.51. The van der Waals surface area contributed by atoms with Gasteiger partial charge >= 0.3 is 6.03 Å². The Balaban J connectivity index is 2.91. The second-order valence-corrected chi connectivity index (χ2v) is 4.28. The van der Waals surface area contributed by atoms with Crippen molar-refractivity contribution in [3.8, 4) is 0 Å². The molecule has 0 spiro atoms. The normalized spacial score (nSPS) is 11.4. The van der Waals surface area contributed by atoms with Crippen molar-refractivity contribution in [3.05, 3.63) is 22.1 Å². The van der Waals surface area contributed by atoms with E-state index in [1.54, 1.807) is 6.92 Å². The van der Waals surface area contributed by atoms with Gasteiger partial charge in [-0.3, -0.25) is 9.89 Å². The van der Waals surface area contributed by atoms with Gasteiger partial charge in [-0.1, -0.05) is 0 Å². The molecule has 1 rings (SSSR count). The van der Waals surface area contributed by atoms with Crippen LogP contribution in [0.1, 0.15) is 26.5 Å². The number of carbonyl (C=O) groups is 1. The van der Waals surface area contributed by atoms with Crippen LogP contribution in [0, 0.1) is 6.92 Å². The van der Waals surface area contributed by atoms with Crippen molar-refractivity contribution in [1.29, 1.82) is 0 Å². The van der Waals surface area contributed by atoms with Crippen LogP contribution in [0.3, 0.4) is 0 Å². The van der Waals surface area contributed by atoms with Crippen molar-refractivity contribution in [3.63, 3.8) is 0 Å². The fourth-order valence-electron chi connectivity index (χ4n) is 1.07. The molecule has 14 heavy (non-hydrogen) atoms. The second-order valence-electron chi connectivity index (χ2n) is 4.28. The molecule has 5 nitrogen and oxygen atoms in total. The number of aromatic nitrogens is 2. The summed E-state index contributed by atoms with van der Waals surface area (Å²) in [6, 6.07) is 1.06. The van der Waals surface area contributed by atoms with E-state index in [9.17, 15) is 9.59 Å². The molecule has 0 aliphatic rings. The first-order valence-electron chi connectivity index (χ1n) is 4.41. The Morgan fingerprint density at radius 2 is 2.07 bits per heavy atom. The molecule has 0 saturated carbocycles. The van der Waals surface area contributed by atoms with Crippen LogP contribution >= 0.6 is 0 Å². The molecular weight excluding hydrogens is 182 g/mol. The molecule has 1 heterocycles. The second kappa shape index (κ2) is 3.32. The average Bonchev–Trinajstić information content (AvgIpc) is 2.26. The van der Waals surface area contributed by atoms with Gasteiger partial charge in [0.15, 0.2) is 0 Å². The number of hydrogen-bond donors (Lipinski definition) is 2. The Labute approximate surface area is 82.1 Å². The van der Waals surface area contributed by atoms with Crippen molar-refractivity contribution in [1.82, 2.24) is 15.1 Å². The molecule has 0 aliphatic carbocycles. The highest BCUT2D eigenvalue weighted by atomic mass is 16.2. The first-order chi connectivity index (χ1) is 6.29. The lowest BCUT2D eigenvalue weighted by Gasteiger charge is -2.20. The van der Waals surface area contributed by atoms with Crippen molar-refractivity contribution >= 4 is 6.03 Å². The molecule has 5 heteroatoms. The molecule has 0 aromatic carbocycles. The third-order valence-corrected chi connectivity index (χ3v) is 1.60. The first-order valence-corrected chi connectivity index (χ1v) is 4.41. The SMILES string of the molecule is Cc1cc(=O)[nH]n1C(=O)NC(C)(C)C. The predicted octanol–water partition coefficient (Wildman–Crippen LogP) is 0.841. The van der Waals surface area contributed by atoms with E-state index in [0.717, 1.165) is 0 Å². The molecule has 1 amide bonds. The van der Waals surface area contributed by atoms with Gasteiger partial charge in [0.25, 0.3) is 5.56 Å². The molecule has 0 aliphatic heterocycles.